The Morgan fingerprint density at radius 2 is 2.13 bits per heavy atom. The van der Waals surface area contributed by atoms with Gasteiger partial charge in [0.15, 0.2) is 0 Å². The van der Waals surface area contributed by atoms with E-state index in [-0.39, 0.29) is 17.4 Å². The molecule has 0 aromatic heterocycles. The van der Waals surface area contributed by atoms with Crippen LogP contribution in [0.15, 0.2) is 24.3 Å². The largest absolute Gasteiger partial charge is 0.359 e. The van der Waals surface area contributed by atoms with Gasteiger partial charge < -0.3 is 9.47 Å². The van der Waals surface area contributed by atoms with Crippen LogP contribution in [0.4, 0.5) is 5.69 Å². The number of hydrogen-bond donors (Lipinski definition) is 0. The normalized spacial score (nSPS) is 10.2. The summed E-state index contributed by atoms with van der Waals surface area (Å²) in [6.07, 6.45) is 0.514. The van der Waals surface area contributed by atoms with Gasteiger partial charge >= 0.3 is 0 Å². The van der Waals surface area contributed by atoms with E-state index in [9.17, 15) is 10.1 Å². The molecule has 0 bridgehead atoms. The lowest BCUT2D eigenvalue weighted by Crippen LogP contribution is -2.03. The number of nitro benzene ring substituents is 1. The van der Waals surface area contributed by atoms with Crippen LogP contribution in [0.5, 0.6) is 0 Å². The van der Waals surface area contributed by atoms with E-state index in [1.807, 2.05) is 0 Å². The van der Waals surface area contributed by atoms with E-state index >= 15 is 0 Å². The van der Waals surface area contributed by atoms with Gasteiger partial charge in [0.1, 0.15) is 6.79 Å². The summed E-state index contributed by atoms with van der Waals surface area (Å²) < 4.78 is 9.78. The van der Waals surface area contributed by atoms with Crippen LogP contribution in [0.25, 0.3) is 0 Å². The molecule has 0 atom stereocenters. The Morgan fingerprint density at radius 1 is 1.40 bits per heavy atom. The lowest BCUT2D eigenvalue weighted by Gasteiger charge is -2.03. The van der Waals surface area contributed by atoms with Gasteiger partial charge in [0.05, 0.1) is 11.5 Å². The van der Waals surface area contributed by atoms with E-state index in [0.717, 1.165) is 0 Å². The van der Waals surface area contributed by atoms with Gasteiger partial charge in [-0.3, -0.25) is 10.1 Å². The van der Waals surface area contributed by atoms with Crippen LogP contribution < -0.4 is 0 Å². The number of ether oxygens (including phenoxy) is 2. The van der Waals surface area contributed by atoms with Crippen molar-refractivity contribution in [2.45, 2.75) is 6.42 Å². The predicted molar refractivity (Wildman–Crippen MR) is 54.6 cm³/mol. The molecule has 0 saturated carbocycles. The molecule has 0 N–H and O–H groups in total. The summed E-state index contributed by atoms with van der Waals surface area (Å²) in [5.74, 6) is 0. The topological polar surface area (TPSA) is 61.6 Å². The molecule has 1 aromatic carbocycles. The highest BCUT2D eigenvalue weighted by atomic mass is 16.7. The maximum atomic E-state index is 10.7. The van der Waals surface area contributed by atoms with E-state index in [2.05, 4.69) is 0 Å². The van der Waals surface area contributed by atoms with Crippen molar-refractivity contribution in [2.24, 2.45) is 0 Å². The number of methoxy groups -OCH3 is 1. The molecule has 1 aromatic rings. The average Bonchev–Trinajstić information content (AvgIpc) is 2.25. The quantitative estimate of drug-likeness (QED) is 0.311. The third-order valence-corrected chi connectivity index (χ3v) is 1.91. The van der Waals surface area contributed by atoms with Crippen LogP contribution in [0.2, 0.25) is 0 Å². The fourth-order valence-corrected chi connectivity index (χ4v) is 1.22. The van der Waals surface area contributed by atoms with Gasteiger partial charge in [-0.1, -0.05) is 18.2 Å². The molecule has 0 amide bonds. The zero-order valence-electron chi connectivity index (χ0n) is 8.51. The molecule has 0 aliphatic heterocycles. The highest BCUT2D eigenvalue weighted by Gasteiger charge is 2.11. The van der Waals surface area contributed by atoms with Crippen molar-refractivity contribution >= 4 is 5.69 Å². The summed E-state index contributed by atoms with van der Waals surface area (Å²) in [4.78, 5) is 10.3. The first kappa shape index (κ1) is 11.6. The zero-order valence-corrected chi connectivity index (χ0v) is 8.51. The van der Waals surface area contributed by atoms with Crippen LogP contribution in [0, 0.1) is 10.1 Å². The molecule has 15 heavy (non-hydrogen) atoms. The minimum Gasteiger partial charge on any atom is -0.359 e. The Labute approximate surface area is 87.8 Å². The van der Waals surface area contributed by atoms with Crippen molar-refractivity contribution in [2.75, 3.05) is 20.5 Å². The molecule has 0 radical (unpaired) electrons. The molecular formula is C10H13NO4. The second-order valence-corrected chi connectivity index (χ2v) is 2.95. The maximum Gasteiger partial charge on any atom is 0.272 e. The first-order chi connectivity index (χ1) is 7.25. The molecule has 0 heterocycles. The van der Waals surface area contributed by atoms with Gasteiger partial charge in [-0.2, -0.15) is 0 Å². The number of nitrogens with zero attached hydrogens (tertiary/aromatic N) is 1. The lowest BCUT2D eigenvalue weighted by atomic mass is 10.1. The van der Waals surface area contributed by atoms with Gasteiger partial charge in [-0.25, -0.2) is 0 Å². The Bertz CT molecular complexity index is 327. The van der Waals surface area contributed by atoms with Gasteiger partial charge in [0, 0.05) is 25.2 Å². The van der Waals surface area contributed by atoms with E-state index in [1.165, 1.54) is 13.2 Å². The highest BCUT2D eigenvalue weighted by Crippen LogP contribution is 2.17. The van der Waals surface area contributed by atoms with Gasteiger partial charge in [-0.05, 0) is 0 Å². The summed E-state index contributed by atoms with van der Waals surface area (Å²) in [6.45, 7) is 0.624. The second-order valence-electron chi connectivity index (χ2n) is 2.95. The lowest BCUT2D eigenvalue weighted by molar-refractivity contribution is -0.385. The summed E-state index contributed by atoms with van der Waals surface area (Å²) in [5.41, 5.74) is 0.817. The minimum absolute atomic E-state index is 0.138. The molecule has 0 aliphatic rings. The van der Waals surface area contributed by atoms with Gasteiger partial charge in [0.2, 0.25) is 0 Å². The summed E-state index contributed by atoms with van der Waals surface area (Å²) in [7, 11) is 1.53. The van der Waals surface area contributed by atoms with Gasteiger partial charge in [0.25, 0.3) is 5.69 Å². The van der Waals surface area contributed by atoms with Crippen molar-refractivity contribution in [3.8, 4) is 0 Å². The molecule has 0 fully saturated rings. The molecule has 1 rings (SSSR count). The van der Waals surface area contributed by atoms with Crippen molar-refractivity contribution < 1.29 is 14.4 Å². The fraction of sp³-hybridized carbons (Fsp3) is 0.400. The number of benzene rings is 1. The van der Waals surface area contributed by atoms with Crippen molar-refractivity contribution in [1.82, 2.24) is 0 Å². The SMILES string of the molecule is COCOCCc1ccccc1[N+](=O)[O-]. The van der Waals surface area contributed by atoms with E-state index < -0.39 is 0 Å². The molecule has 0 spiro atoms. The van der Waals surface area contributed by atoms with E-state index in [4.69, 9.17) is 9.47 Å². The molecule has 0 saturated heterocycles. The minimum atomic E-state index is -0.383. The average molecular weight is 211 g/mol. The predicted octanol–water partition coefficient (Wildman–Crippen LogP) is 1.76. The zero-order chi connectivity index (χ0) is 11.1. The van der Waals surface area contributed by atoms with Crippen molar-refractivity contribution in [1.29, 1.82) is 0 Å². The molecule has 5 nitrogen and oxygen atoms in total. The van der Waals surface area contributed by atoms with Crippen LogP contribution >= 0.6 is 0 Å². The van der Waals surface area contributed by atoms with E-state index in [0.29, 0.717) is 18.6 Å². The first-order valence-corrected chi connectivity index (χ1v) is 4.54. The summed E-state index contributed by atoms with van der Waals surface area (Å²) in [6, 6.07) is 6.65. The molecule has 0 aliphatic carbocycles. The van der Waals surface area contributed by atoms with Gasteiger partial charge in [-0.15, -0.1) is 0 Å². The third kappa shape index (κ3) is 3.65. The molecule has 0 unspecified atom stereocenters. The molecular weight excluding hydrogens is 198 g/mol. The highest BCUT2D eigenvalue weighted by molar-refractivity contribution is 5.39. The van der Waals surface area contributed by atoms with Crippen LogP contribution in [0.3, 0.4) is 0 Å². The Morgan fingerprint density at radius 3 is 2.80 bits per heavy atom. The second kappa shape index (κ2) is 6.10. The van der Waals surface area contributed by atoms with E-state index in [1.54, 1.807) is 18.2 Å². The summed E-state index contributed by atoms with van der Waals surface area (Å²) in [5, 5.41) is 10.7. The molecule has 82 valence electrons. The Hall–Kier alpha value is -1.46. The smallest absolute Gasteiger partial charge is 0.272 e. The van der Waals surface area contributed by atoms with Crippen molar-refractivity contribution in [3.05, 3.63) is 39.9 Å². The maximum absolute atomic E-state index is 10.7. The third-order valence-electron chi connectivity index (χ3n) is 1.91. The van der Waals surface area contributed by atoms with Crippen molar-refractivity contribution in [3.63, 3.8) is 0 Å². The Balaban J connectivity index is 2.56. The number of nitro groups is 1. The first-order valence-electron chi connectivity index (χ1n) is 4.54. The Kier molecular flexibility index (Phi) is 4.73. The molecule has 5 heteroatoms. The van der Waals surface area contributed by atoms with Crippen LogP contribution in [-0.4, -0.2) is 25.4 Å². The summed E-state index contributed by atoms with van der Waals surface area (Å²) >= 11 is 0. The number of rotatable bonds is 6. The fourth-order valence-electron chi connectivity index (χ4n) is 1.22. The van der Waals surface area contributed by atoms with Crippen LogP contribution in [0.1, 0.15) is 5.56 Å². The number of hydrogen-bond acceptors (Lipinski definition) is 4. The standard InChI is InChI=1S/C10H13NO4/c1-14-8-15-7-6-9-4-2-3-5-10(9)11(12)13/h2-5H,6-8H2,1H3. The number of para-hydroxylation sites is 1. The monoisotopic (exact) mass is 211 g/mol. The van der Waals surface area contributed by atoms with Crippen LogP contribution in [-0.2, 0) is 15.9 Å².